The first-order valence-electron chi connectivity index (χ1n) is 10.7. The van der Waals surface area contributed by atoms with Crippen molar-refractivity contribution in [1.82, 2.24) is 14.8 Å². The molecular formula is C24H30ClN5. The summed E-state index contributed by atoms with van der Waals surface area (Å²) in [6.45, 7) is 7.26. The summed E-state index contributed by atoms with van der Waals surface area (Å²) in [6, 6.07) is 8.26. The van der Waals surface area contributed by atoms with Crippen molar-refractivity contribution in [3.8, 4) is 0 Å². The maximum atomic E-state index is 7.15. The molecule has 0 radical (unpaired) electrons. The Balaban J connectivity index is 1.89. The smallest absolute Gasteiger partial charge is 0.158 e. The fraction of sp³-hybridized carbons (Fsp3) is 0.417. The fourth-order valence-corrected chi connectivity index (χ4v) is 5.41. The van der Waals surface area contributed by atoms with Gasteiger partial charge < -0.3 is 10.6 Å². The van der Waals surface area contributed by atoms with Gasteiger partial charge in [0.1, 0.15) is 0 Å². The highest BCUT2D eigenvalue weighted by atomic mass is 35.5. The fourth-order valence-electron chi connectivity index (χ4n) is 4.99. The summed E-state index contributed by atoms with van der Waals surface area (Å²) in [5.74, 6) is 0.979. The van der Waals surface area contributed by atoms with E-state index in [1.54, 1.807) is 0 Å². The van der Waals surface area contributed by atoms with E-state index >= 15 is 0 Å². The summed E-state index contributed by atoms with van der Waals surface area (Å²) in [7, 11) is 2.01. The molecule has 0 fully saturated rings. The Bertz CT molecular complexity index is 1040. The van der Waals surface area contributed by atoms with E-state index in [2.05, 4.69) is 36.7 Å². The molecule has 2 aromatic heterocycles. The number of hydrogen-bond donors (Lipinski definition) is 1. The number of fused-ring (bicyclic) bond motifs is 1. The second kappa shape index (κ2) is 8.05. The Morgan fingerprint density at radius 1 is 1.20 bits per heavy atom. The van der Waals surface area contributed by atoms with Crippen LogP contribution in [-0.4, -0.2) is 21.3 Å². The molecule has 0 spiro atoms. The van der Waals surface area contributed by atoms with Crippen LogP contribution < -0.4 is 10.6 Å². The lowest BCUT2D eigenvalue weighted by Crippen LogP contribution is -2.41. The Labute approximate surface area is 183 Å². The predicted molar refractivity (Wildman–Crippen MR) is 124 cm³/mol. The Morgan fingerprint density at radius 3 is 2.60 bits per heavy atom. The van der Waals surface area contributed by atoms with Crippen LogP contribution in [0.15, 0.2) is 36.7 Å². The van der Waals surface area contributed by atoms with E-state index in [-0.39, 0.29) is 0 Å². The van der Waals surface area contributed by atoms with Crippen molar-refractivity contribution in [2.45, 2.75) is 52.0 Å². The summed E-state index contributed by atoms with van der Waals surface area (Å²) in [5.41, 5.74) is 13.3. The van der Waals surface area contributed by atoms with Gasteiger partial charge in [0.2, 0.25) is 0 Å². The van der Waals surface area contributed by atoms with Gasteiger partial charge in [0, 0.05) is 31.5 Å². The molecule has 0 aliphatic carbocycles. The van der Waals surface area contributed by atoms with Crippen molar-refractivity contribution < 1.29 is 0 Å². The Kier molecular flexibility index (Phi) is 5.60. The average molecular weight is 424 g/mol. The molecule has 158 valence electrons. The molecule has 1 aromatic carbocycles. The molecule has 1 atom stereocenters. The minimum Gasteiger partial charge on any atom is -0.323 e. The number of nitrogens with zero attached hydrogens (tertiary/aromatic N) is 4. The van der Waals surface area contributed by atoms with E-state index in [4.69, 9.17) is 22.4 Å². The van der Waals surface area contributed by atoms with Crippen molar-refractivity contribution in [3.63, 3.8) is 0 Å². The van der Waals surface area contributed by atoms with Crippen LogP contribution in [0.1, 0.15) is 54.1 Å². The molecule has 0 bridgehead atoms. The first-order valence-corrected chi connectivity index (χ1v) is 11.0. The highest BCUT2D eigenvalue weighted by Crippen LogP contribution is 2.43. The molecule has 3 heterocycles. The monoisotopic (exact) mass is 423 g/mol. The minimum atomic E-state index is -0.609. The van der Waals surface area contributed by atoms with Gasteiger partial charge in [0.05, 0.1) is 21.9 Å². The molecule has 6 heteroatoms. The standard InChI is InChI=1S/C24H30ClN5/c1-5-10-24(26,18-8-11-27-12-9-18)22-19-7-6-13-30(23(19)28-29(22)4)21-17(3)14-16(2)15-20(21)25/h8-9,11-12,14-15H,5-7,10,13,26H2,1-4H3. The van der Waals surface area contributed by atoms with Crippen molar-refractivity contribution >= 4 is 23.1 Å². The van der Waals surface area contributed by atoms with Gasteiger partial charge in [0.15, 0.2) is 5.82 Å². The largest absolute Gasteiger partial charge is 0.323 e. The third-order valence-electron chi connectivity index (χ3n) is 6.12. The predicted octanol–water partition coefficient (Wildman–Crippen LogP) is 5.17. The van der Waals surface area contributed by atoms with Gasteiger partial charge in [-0.05, 0) is 68.0 Å². The topological polar surface area (TPSA) is 60.0 Å². The molecule has 1 aliphatic heterocycles. The summed E-state index contributed by atoms with van der Waals surface area (Å²) in [5, 5.41) is 5.75. The lowest BCUT2D eigenvalue weighted by Gasteiger charge is -2.34. The van der Waals surface area contributed by atoms with Crippen LogP contribution in [-0.2, 0) is 19.0 Å². The van der Waals surface area contributed by atoms with Crippen LogP contribution in [0.5, 0.6) is 0 Å². The molecular weight excluding hydrogens is 394 g/mol. The molecule has 30 heavy (non-hydrogen) atoms. The van der Waals surface area contributed by atoms with E-state index in [0.29, 0.717) is 0 Å². The number of aryl methyl sites for hydroxylation is 3. The second-order valence-electron chi connectivity index (χ2n) is 8.40. The summed E-state index contributed by atoms with van der Waals surface area (Å²) < 4.78 is 1.98. The normalized spacial score (nSPS) is 15.7. The second-order valence-corrected chi connectivity index (χ2v) is 8.81. The van der Waals surface area contributed by atoms with Crippen molar-refractivity contribution in [3.05, 3.63) is 69.6 Å². The third kappa shape index (κ3) is 3.40. The zero-order valence-electron chi connectivity index (χ0n) is 18.2. The number of nitrogens with two attached hydrogens (primary N) is 1. The third-order valence-corrected chi connectivity index (χ3v) is 6.41. The van der Waals surface area contributed by atoms with Crippen LogP contribution >= 0.6 is 11.6 Å². The molecule has 0 saturated heterocycles. The first-order chi connectivity index (χ1) is 14.4. The zero-order valence-corrected chi connectivity index (χ0v) is 19.0. The molecule has 1 aliphatic rings. The van der Waals surface area contributed by atoms with E-state index in [1.807, 2.05) is 42.3 Å². The zero-order chi connectivity index (χ0) is 21.5. The lowest BCUT2D eigenvalue weighted by atomic mass is 9.81. The van der Waals surface area contributed by atoms with E-state index in [9.17, 15) is 0 Å². The van der Waals surface area contributed by atoms with Gasteiger partial charge in [-0.3, -0.25) is 9.67 Å². The van der Waals surface area contributed by atoms with Gasteiger partial charge in [0.25, 0.3) is 0 Å². The summed E-state index contributed by atoms with van der Waals surface area (Å²) >= 11 is 6.71. The number of aromatic nitrogens is 3. The van der Waals surface area contributed by atoms with Crippen LogP contribution in [0.25, 0.3) is 0 Å². The number of anilines is 2. The highest BCUT2D eigenvalue weighted by molar-refractivity contribution is 6.33. The van der Waals surface area contributed by atoms with Crippen molar-refractivity contribution in [2.75, 3.05) is 11.4 Å². The minimum absolute atomic E-state index is 0.609. The average Bonchev–Trinajstić information content (AvgIpc) is 3.05. The maximum absolute atomic E-state index is 7.15. The van der Waals surface area contributed by atoms with E-state index < -0.39 is 5.54 Å². The Hall–Kier alpha value is -2.37. The number of benzene rings is 1. The van der Waals surface area contributed by atoms with Crippen LogP contribution in [0.3, 0.4) is 0 Å². The molecule has 0 saturated carbocycles. The van der Waals surface area contributed by atoms with Crippen molar-refractivity contribution in [2.24, 2.45) is 12.8 Å². The van der Waals surface area contributed by atoms with Gasteiger partial charge in [-0.25, -0.2) is 0 Å². The molecule has 1 unspecified atom stereocenters. The maximum Gasteiger partial charge on any atom is 0.158 e. The van der Waals surface area contributed by atoms with E-state index in [1.165, 1.54) is 16.7 Å². The highest BCUT2D eigenvalue weighted by Gasteiger charge is 2.38. The van der Waals surface area contributed by atoms with Gasteiger partial charge in [-0.15, -0.1) is 0 Å². The summed E-state index contributed by atoms with van der Waals surface area (Å²) in [4.78, 5) is 6.46. The van der Waals surface area contributed by atoms with E-state index in [0.717, 1.165) is 60.0 Å². The van der Waals surface area contributed by atoms with Gasteiger partial charge >= 0.3 is 0 Å². The van der Waals surface area contributed by atoms with Crippen molar-refractivity contribution in [1.29, 1.82) is 0 Å². The van der Waals surface area contributed by atoms with Crippen LogP contribution in [0.2, 0.25) is 5.02 Å². The van der Waals surface area contributed by atoms with Crippen LogP contribution in [0, 0.1) is 13.8 Å². The molecule has 2 N–H and O–H groups in total. The number of halogens is 1. The summed E-state index contributed by atoms with van der Waals surface area (Å²) in [6.07, 6.45) is 7.45. The Morgan fingerprint density at radius 2 is 1.93 bits per heavy atom. The molecule has 5 nitrogen and oxygen atoms in total. The number of hydrogen-bond acceptors (Lipinski definition) is 4. The number of pyridine rings is 1. The van der Waals surface area contributed by atoms with Gasteiger partial charge in [-0.2, -0.15) is 5.10 Å². The lowest BCUT2D eigenvalue weighted by molar-refractivity contribution is 0.442. The quantitative estimate of drug-likeness (QED) is 0.614. The number of rotatable bonds is 5. The SMILES string of the molecule is CCCC(N)(c1ccncc1)c1c2c(nn1C)N(c1c(C)cc(C)cc1Cl)CCC2. The van der Waals surface area contributed by atoms with Gasteiger partial charge in [-0.1, -0.05) is 31.0 Å². The first kappa shape index (κ1) is 20.9. The molecule has 3 aromatic rings. The molecule has 0 amide bonds. The van der Waals surface area contributed by atoms with Crippen LogP contribution in [0.4, 0.5) is 11.5 Å². The molecule has 4 rings (SSSR count).